The summed E-state index contributed by atoms with van der Waals surface area (Å²) in [4.78, 5) is 0. The summed E-state index contributed by atoms with van der Waals surface area (Å²) in [6, 6.07) is 15.6. The van der Waals surface area contributed by atoms with Gasteiger partial charge in [0.25, 0.3) is 0 Å². The molecule has 0 spiro atoms. The maximum atomic E-state index is 3.60. The lowest BCUT2D eigenvalue weighted by atomic mass is 9.85. The second kappa shape index (κ2) is 3.83. The normalized spacial score (nSPS) is 16.3. The van der Waals surface area contributed by atoms with E-state index in [1.165, 1.54) is 45.1 Å². The first kappa shape index (κ1) is 10.6. The number of halogens is 1. The van der Waals surface area contributed by atoms with Crippen LogP contribution in [-0.4, -0.2) is 0 Å². The van der Waals surface area contributed by atoms with E-state index in [1.807, 2.05) is 0 Å². The standard InChI is InChI=1S/C17H13Br/c18-14-8-7-11-5-6-13-9-12-3-1-2-4-15(12)17(13)16(11)10-14/h1-4,7-8,10H,5-6,9H2. The number of benzene rings is 2. The molecular weight excluding hydrogens is 284 g/mol. The van der Waals surface area contributed by atoms with Crippen LogP contribution in [0.5, 0.6) is 0 Å². The van der Waals surface area contributed by atoms with Gasteiger partial charge in [-0.3, -0.25) is 0 Å². The smallest absolute Gasteiger partial charge is 0.0181 e. The van der Waals surface area contributed by atoms with E-state index < -0.39 is 0 Å². The predicted octanol–water partition coefficient (Wildman–Crippen LogP) is 4.75. The molecule has 0 atom stereocenters. The molecular formula is C17H13Br. The van der Waals surface area contributed by atoms with Gasteiger partial charge in [0.1, 0.15) is 0 Å². The van der Waals surface area contributed by atoms with Crippen LogP contribution < -0.4 is 0 Å². The lowest BCUT2D eigenvalue weighted by Gasteiger charge is -2.19. The van der Waals surface area contributed by atoms with Crippen LogP contribution in [0.25, 0.3) is 5.57 Å². The molecule has 2 aliphatic rings. The van der Waals surface area contributed by atoms with Gasteiger partial charge in [-0.05, 0) is 59.2 Å². The summed E-state index contributed by atoms with van der Waals surface area (Å²) in [5.41, 5.74) is 9.01. The fourth-order valence-electron chi connectivity index (χ4n) is 3.26. The Labute approximate surface area is 115 Å². The van der Waals surface area contributed by atoms with Crippen LogP contribution in [0.15, 0.2) is 52.5 Å². The first-order chi connectivity index (χ1) is 8.83. The maximum absolute atomic E-state index is 3.60. The molecule has 0 aliphatic heterocycles. The number of hydrogen-bond acceptors (Lipinski definition) is 0. The average molecular weight is 297 g/mol. The number of fused-ring (bicyclic) bond motifs is 4. The third-order valence-corrected chi connectivity index (χ3v) is 4.57. The molecule has 0 radical (unpaired) electrons. The highest BCUT2D eigenvalue weighted by Crippen LogP contribution is 2.44. The number of aryl methyl sites for hydroxylation is 1. The minimum atomic E-state index is 1.15. The summed E-state index contributed by atoms with van der Waals surface area (Å²) in [6.45, 7) is 0. The zero-order chi connectivity index (χ0) is 12.1. The zero-order valence-electron chi connectivity index (χ0n) is 10.0. The van der Waals surface area contributed by atoms with Crippen molar-refractivity contribution in [2.24, 2.45) is 0 Å². The van der Waals surface area contributed by atoms with Gasteiger partial charge in [-0.1, -0.05) is 51.8 Å². The molecule has 0 N–H and O–H groups in total. The van der Waals surface area contributed by atoms with Gasteiger partial charge >= 0.3 is 0 Å². The number of hydrogen-bond donors (Lipinski definition) is 0. The van der Waals surface area contributed by atoms with E-state index in [2.05, 4.69) is 58.4 Å². The van der Waals surface area contributed by atoms with Gasteiger partial charge in [0.05, 0.1) is 0 Å². The van der Waals surface area contributed by atoms with Crippen molar-refractivity contribution in [3.05, 3.63) is 74.8 Å². The molecule has 18 heavy (non-hydrogen) atoms. The zero-order valence-corrected chi connectivity index (χ0v) is 11.6. The van der Waals surface area contributed by atoms with Gasteiger partial charge in [-0.2, -0.15) is 0 Å². The molecule has 0 nitrogen and oxygen atoms in total. The van der Waals surface area contributed by atoms with Crippen molar-refractivity contribution in [3.63, 3.8) is 0 Å². The molecule has 0 amide bonds. The van der Waals surface area contributed by atoms with Gasteiger partial charge in [0.2, 0.25) is 0 Å². The summed E-state index contributed by atoms with van der Waals surface area (Å²) >= 11 is 3.60. The molecule has 0 saturated heterocycles. The van der Waals surface area contributed by atoms with Crippen LogP contribution in [0, 0.1) is 0 Å². The van der Waals surface area contributed by atoms with E-state index in [0.29, 0.717) is 0 Å². The first-order valence-electron chi connectivity index (χ1n) is 6.42. The molecule has 2 aliphatic carbocycles. The monoisotopic (exact) mass is 296 g/mol. The van der Waals surface area contributed by atoms with Gasteiger partial charge in [-0.15, -0.1) is 0 Å². The molecule has 0 aromatic heterocycles. The van der Waals surface area contributed by atoms with E-state index >= 15 is 0 Å². The van der Waals surface area contributed by atoms with Crippen molar-refractivity contribution in [2.75, 3.05) is 0 Å². The molecule has 1 heteroatoms. The molecule has 0 unspecified atom stereocenters. The molecule has 4 rings (SSSR count). The van der Waals surface area contributed by atoms with Crippen molar-refractivity contribution in [3.8, 4) is 0 Å². The number of rotatable bonds is 0. The first-order valence-corrected chi connectivity index (χ1v) is 7.21. The molecule has 2 aromatic rings. The molecule has 0 bridgehead atoms. The third kappa shape index (κ3) is 1.44. The molecule has 88 valence electrons. The van der Waals surface area contributed by atoms with Gasteiger partial charge in [-0.25, -0.2) is 0 Å². The fourth-order valence-corrected chi connectivity index (χ4v) is 3.62. The highest BCUT2D eigenvalue weighted by atomic mass is 79.9. The highest BCUT2D eigenvalue weighted by Gasteiger charge is 2.26. The summed E-state index contributed by atoms with van der Waals surface area (Å²) in [7, 11) is 0. The quantitative estimate of drug-likeness (QED) is 0.658. The maximum Gasteiger partial charge on any atom is 0.0181 e. The Balaban J connectivity index is 1.99. The Kier molecular flexibility index (Phi) is 2.25. The molecule has 0 saturated carbocycles. The lowest BCUT2D eigenvalue weighted by Crippen LogP contribution is -2.03. The SMILES string of the molecule is Brc1ccc2c(c1)C1=C(CC2)Cc2ccccc21. The van der Waals surface area contributed by atoms with Crippen molar-refractivity contribution in [1.82, 2.24) is 0 Å². The largest absolute Gasteiger partial charge is 0.0619 e. The van der Waals surface area contributed by atoms with Crippen LogP contribution in [0.4, 0.5) is 0 Å². The molecule has 0 fully saturated rings. The minimum absolute atomic E-state index is 1.15. The Bertz CT molecular complexity index is 680. The fraction of sp³-hybridized carbons (Fsp3) is 0.176. The second-order valence-corrected chi connectivity index (χ2v) is 6.03. The summed E-state index contributed by atoms with van der Waals surface area (Å²) in [5.74, 6) is 0. The lowest BCUT2D eigenvalue weighted by molar-refractivity contribution is 0.895. The molecule has 2 aromatic carbocycles. The van der Waals surface area contributed by atoms with Crippen LogP contribution >= 0.6 is 15.9 Å². The van der Waals surface area contributed by atoms with Crippen molar-refractivity contribution in [2.45, 2.75) is 19.3 Å². The van der Waals surface area contributed by atoms with E-state index in [9.17, 15) is 0 Å². The summed E-state index contributed by atoms with van der Waals surface area (Å²) in [6.07, 6.45) is 3.56. The Morgan fingerprint density at radius 3 is 2.67 bits per heavy atom. The van der Waals surface area contributed by atoms with Gasteiger partial charge < -0.3 is 0 Å². The number of allylic oxidation sites excluding steroid dienone is 1. The van der Waals surface area contributed by atoms with Crippen molar-refractivity contribution >= 4 is 21.5 Å². The van der Waals surface area contributed by atoms with E-state index in [1.54, 1.807) is 5.57 Å². The van der Waals surface area contributed by atoms with E-state index in [4.69, 9.17) is 0 Å². The highest BCUT2D eigenvalue weighted by molar-refractivity contribution is 9.10. The van der Waals surface area contributed by atoms with Crippen LogP contribution in [0.1, 0.15) is 28.7 Å². The van der Waals surface area contributed by atoms with Crippen LogP contribution in [0.3, 0.4) is 0 Å². The topological polar surface area (TPSA) is 0 Å². The second-order valence-electron chi connectivity index (χ2n) is 5.11. The van der Waals surface area contributed by atoms with Gasteiger partial charge in [0, 0.05) is 4.47 Å². The van der Waals surface area contributed by atoms with Crippen LogP contribution in [-0.2, 0) is 12.8 Å². The minimum Gasteiger partial charge on any atom is -0.0619 e. The Morgan fingerprint density at radius 1 is 0.833 bits per heavy atom. The van der Waals surface area contributed by atoms with Gasteiger partial charge in [0.15, 0.2) is 0 Å². The summed E-state index contributed by atoms with van der Waals surface area (Å²) in [5, 5.41) is 0. The Morgan fingerprint density at radius 2 is 1.72 bits per heavy atom. The van der Waals surface area contributed by atoms with Crippen molar-refractivity contribution < 1.29 is 0 Å². The van der Waals surface area contributed by atoms with E-state index in [0.717, 1.165) is 6.42 Å². The van der Waals surface area contributed by atoms with E-state index in [-0.39, 0.29) is 0 Å². The van der Waals surface area contributed by atoms with Crippen LogP contribution in [0.2, 0.25) is 0 Å². The average Bonchev–Trinajstić information content (AvgIpc) is 2.77. The summed E-state index contributed by atoms with van der Waals surface area (Å²) < 4.78 is 1.18. The van der Waals surface area contributed by atoms with Crippen molar-refractivity contribution in [1.29, 1.82) is 0 Å². The third-order valence-electron chi connectivity index (χ3n) is 4.08. The molecule has 0 heterocycles. The predicted molar refractivity (Wildman–Crippen MR) is 78.6 cm³/mol. The Hall–Kier alpha value is -1.34.